The molecule has 0 saturated carbocycles. The van der Waals surface area contributed by atoms with Gasteiger partial charge in [0.15, 0.2) is 0 Å². The molecule has 0 saturated heterocycles. The Balaban J connectivity index is 2.36. The Morgan fingerprint density at radius 3 is 2.36 bits per heavy atom. The first-order valence-corrected chi connectivity index (χ1v) is 4.42. The Morgan fingerprint density at radius 2 is 1.86 bits per heavy atom. The molecule has 2 nitrogen and oxygen atoms in total. The Bertz CT molecular complexity index is 261. The van der Waals surface area contributed by atoms with Gasteiger partial charge >= 0.3 is 0 Å². The maximum atomic E-state index is 11.8. The van der Waals surface area contributed by atoms with Crippen LogP contribution in [0.5, 0.6) is 5.75 Å². The number of nitrogens with two attached hydrogens (primary N) is 1. The van der Waals surface area contributed by atoms with E-state index in [4.69, 9.17) is 10.5 Å². The maximum Gasteiger partial charge on any atom is 0.241 e. The lowest BCUT2D eigenvalue weighted by Crippen LogP contribution is -2.03. The van der Waals surface area contributed by atoms with Crippen molar-refractivity contribution in [3.8, 4) is 5.75 Å². The molecule has 0 aliphatic heterocycles. The van der Waals surface area contributed by atoms with Crippen molar-refractivity contribution < 1.29 is 13.5 Å². The fourth-order valence-electron chi connectivity index (χ4n) is 0.988. The predicted molar refractivity (Wildman–Crippen MR) is 50.4 cm³/mol. The van der Waals surface area contributed by atoms with Crippen molar-refractivity contribution in [1.82, 2.24) is 0 Å². The average Bonchev–Trinajstić information content (AvgIpc) is 2.18. The smallest absolute Gasteiger partial charge is 0.241 e. The highest BCUT2D eigenvalue weighted by Crippen LogP contribution is 2.12. The van der Waals surface area contributed by atoms with Crippen LogP contribution in [0.3, 0.4) is 0 Å². The normalized spacial score (nSPS) is 10.6. The lowest BCUT2D eigenvalue weighted by molar-refractivity contribution is 0.114. The van der Waals surface area contributed by atoms with Crippen LogP contribution in [0.4, 0.5) is 8.78 Å². The minimum Gasteiger partial charge on any atom is -0.493 e. The van der Waals surface area contributed by atoms with E-state index in [2.05, 4.69) is 0 Å². The zero-order valence-corrected chi connectivity index (χ0v) is 7.75. The van der Waals surface area contributed by atoms with Gasteiger partial charge in [-0.05, 0) is 17.7 Å². The largest absolute Gasteiger partial charge is 0.493 e. The van der Waals surface area contributed by atoms with Gasteiger partial charge < -0.3 is 10.5 Å². The summed E-state index contributed by atoms with van der Waals surface area (Å²) in [4.78, 5) is 0. The highest BCUT2D eigenvalue weighted by Gasteiger charge is 2.02. The molecule has 1 rings (SSSR count). The van der Waals surface area contributed by atoms with Crippen LogP contribution in [0.25, 0.3) is 0 Å². The monoisotopic (exact) mass is 201 g/mol. The van der Waals surface area contributed by atoms with Crippen LogP contribution in [0.15, 0.2) is 24.3 Å². The molecule has 1 aromatic carbocycles. The number of ether oxygens (including phenoxy) is 1. The molecule has 0 radical (unpaired) electrons. The lowest BCUT2D eigenvalue weighted by Gasteiger charge is -2.05. The van der Waals surface area contributed by atoms with Gasteiger partial charge in [-0.25, -0.2) is 8.78 Å². The van der Waals surface area contributed by atoms with Crippen LogP contribution in [0, 0.1) is 0 Å². The van der Waals surface area contributed by atoms with Crippen LogP contribution in [0.2, 0.25) is 0 Å². The third-order valence-electron chi connectivity index (χ3n) is 1.76. The molecule has 0 aliphatic carbocycles. The van der Waals surface area contributed by atoms with E-state index >= 15 is 0 Å². The molecule has 4 heteroatoms. The number of alkyl halides is 2. The molecular formula is C10H13F2NO. The molecule has 0 bridgehead atoms. The predicted octanol–water partition coefficient (Wildman–Crippen LogP) is 2.18. The topological polar surface area (TPSA) is 35.2 Å². The second-order valence-corrected chi connectivity index (χ2v) is 2.88. The van der Waals surface area contributed by atoms with E-state index in [0.717, 1.165) is 5.56 Å². The van der Waals surface area contributed by atoms with E-state index in [-0.39, 0.29) is 13.0 Å². The maximum absolute atomic E-state index is 11.8. The zero-order valence-electron chi connectivity index (χ0n) is 7.75. The second kappa shape index (κ2) is 5.54. The molecule has 0 atom stereocenters. The van der Waals surface area contributed by atoms with Crippen molar-refractivity contribution in [3.05, 3.63) is 29.8 Å². The molecule has 0 heterocycles. The average molecular weight is 201 g/mol. The van der Waals surface area contributed by atoms with Crippen molar-refractivity contribution in [2.45, 2.75) is 19.4 Å². The lowest BCUT2D eigenvalue weighted by atomic mass is 10.2. The SMILES string of the molecule is NCc1ccc(OCCC(F)F)cc1. The minimum absolute atomic E-state index is 0.0413. The summed E-state index contributed by atoms with van der Waals surface area (Å²) < 4.78 is 28.6. The molecule has 14 heavy (non-hydrogen) atoms. The summed E-state index contributed by atoms with van der Waals surface area (Å²) in [5.41, 5.74) is 6.39. The molecule has 2 N–H and O–H groups in total. The third-order valence-corrected chi connectivity index (χ3v) is 1.76. The summed E-state index contributed by atoms with van der Waals surface area (Å²) in [5.74, 6) is 0.600. The van der Waals surface area contributed by atoms with Gasteiger partial charge in [-0.15, -0.1) is 0 Å². The summed E-state index contributed by atoms with van der Waals surface area (Å²) in [5, 5.41) is 0. The first-order chi connectivity index (χ1) is 6.72. The van der Waals surface area contributed by atoms with Crippen molar-refractivity contribution in [1.29, 1.82) is 0 Å². The molecule has 78 valence electrons. The van der Waals surface area contributed by atoms with E-state index < -0.39 is 6.43 Å². The standard InChI is InChI=1S/C10H13F2NO/c11-10(12)5-6-14-9-3-1-8(7-13)2-4-9/h1-4,10H,5-7,13H2. The molecule has 1 aromatic rings. The van der Waals surface area contributed by atoms with Crippen LogP contribution in [-0.2, 0) is 6.54 Å². The molecule has 0 aromatic heterocycles. The van der Waals surface area contributed by atoms with E-state index in [1.54, 1.807) is 12.1 Å². The highest BCUT2D eigenvalue weighted by molar-refractivity contribution is 5.26. The van der Waals surface area contributed by atoms with Crippen molar-refractivity contribution in [3.63, 3.8) is 0 Å². The Morgan fingerprint density at radius 1 is 1.21 bits per heavy atom. The molecule has 0 spiro atoms. The fraction of sp³-hybridized carbons (Fsp3) is 0.400. The van der Waals surface area contributed by atoms with Gasteiger partial charge in [-0.2, -0.15) is 0 Å². The number of rotatable bonds is 5. The summed E-state index contributed by atoms with van der Waals surface area (Å²) in [6.07, 6.45) is -2.54. The van der Waals surface area contributed by atoms with Gasteiger partial charge in [0.1, 0.15) is 5.75 Å². The van der Waals surface area contributed by atoms with Crippen LogP contribution in [0.1, 0.15) is 12.0 Å². The van der Waals surface area contributed by atoms with Gasteiger partial charge in [0.2, 0.25) is 6.43 Å². The Hall–Kier alpha value is -1.16. The van der Waals surface area contributed by atoms with E-state index in [9.17, 15) is 8.78 Å². The zero-order chi connectivity index (χ0) is 10.4. The van der Waals surface area contributed by atoms with Crippen LogP contribution in [-0.4, -0.2) is 13.0 Å². The van der Waals surface area contributed by atoms with E-state index in [0.29, 0.717) is 12.3 Å². The quantitative estimate of drug-likeness (QED) is 0.792. The van der Waals surface area contributed by atoms with Gasteiger partial charge in [0.05, 0.1) is 6.61 Å². The van der Waals surface area contributed by atoms with Gasteiger partial charge in [0.25, 0.3) is 0 Å². The molecule has 0 aliphatic rings. The van der Waals surface area contributed by atoms with E-state index in [1.807, 2.05) is 12.1 Å². The number of hydrogen-bond acceptors (Lipinski definition) is 2. The van der Waals surface area contributed by atoms with Crippen molar-refractivity contribution in [2.75, 3.05) is 6.61 Å². The Kier molecular flexibility index (Phi) is 4.32. The number of halogens is 2. The van der Waals surface area contributed by atoms with Crippen LogP contribution < -0.4 is 10.5 Å². The minimum atomic E-state index is -2.31. The van der Waals surface area contributed by atoms with E-state index in [1.165, 1.54) is 0 Å². The summed E-state index contributed by atoms with van der Waals surface area (Å²) >= 11 is 0. The molecule has 0 amide bonds. The molecule has 0 unspecified atom stereocenters. The first-order valence-electron chi connectivity index (χ1n) is 4.42. The summed E-state index contributed by atoms with van der Waals surface area (Å²) in [7, 11) is 0. The van der Waals surface area contributed by atoms with Gasteiger partial charge in [-0.1, -0.05) is 12.1 Å². The highest BCUT2D eigenvalue weighted by atomic mass is 19.3. The van der Waals surface area contributed by atoms with Gasteiger partial charge in [0, 0.05) is 13.0 Å². The molecule has 0 fully saturated rings. The van der Waals surface area contributed by atoms with Crippen molar-refractivity contribution >= 4 is 0 Å². The van der Waals surface area contributed by atoms with Gasteiger partial charge in [-0.3, -0.25) is 0 Å². The Labute approximate surface area is 81.7 Å². The number of benzene rings is 1. The first kappa shape index (κ1) is 10.9. The fourth-order valence-corrected chi connectivity index (χ4v) is 0.988. The van der Waals surface area contributed by atoms with Crippen molar-refractivity contribution in [2.24, 2.45) is 5.73 Å². The molecular weight excluding hydrogens is 188 g/mol. The third kappa shape index (κ3) is 3.70. The second-order valence-electron chi connectivity index (χ2n) is 2.88. The summed E-state index contributed by atoms with van der Waals surface area (Å²) in [6.45, 7) is 0.511. The number of hydrogen-bond donors (Lipinski definition) is 1. The summed E-state index contributed by atoms with van der Waals surface area (Å²) in [6, 6.07) is 7.09. The van der Waals surface area contributed by atoms with Crippen LogP contribution >= 0.6 is 0 Å².